The Kier molecular flexibility index (Phi) is 4.02. The van der Waals surface area contributed by atoms with E-state index in [1.807, 2.05) is 25.1 Å². The molecule has 22 heavy (non-hydrogen) atoms. The molecule has 6 nitrogen and oxygen atoms in total. The van der Waals surface area contributed by atoms with Crippen molar-refractivity contribution in [2.45, 2.75) is 20.3 Å². The molecular weight excluding hydrogens is 278 g/mol. The summed E-state index contributed by atoms with van der Waals surface area (Å²) in [6.45, 7) is 4.16. The van der Waals surface area contributed by atoms with Crippen LogP contribution in [0.4, 0.5) is 0 Å². The minimum absolute atomic E-state index is 0.0705. The molecule has 0 radical (unpaired) electrons. The summed E-state index contributed by atoms with van der Waals surface area (Å²) in [5.41, 5.74) is -0.916. The van der Waals surface area contributed by atoms with E-state index in [4.69, 9.17) is 5.41 Å². The number of hydrogen-bond acceptors (Lipinski definition) is 5. The Morgan fingerprint density at radius 1 is 1.45 bits per heavy atom. The zero-order valence-electron chi connectivity index (χ0n) is 12.6. The van der Waals surface area contributed by atoms with Crippen molar-refractivity contribution >= 4 is 11.6 Å². The molecule has 0 saturated heterocycles. The van der Waals surface area contributed by atoms with Crippen LogP contribution in [0.5, 0.6) is 0 Å². The number of carbonyl (C=O) groups is 1. The lowest BCUT2D eigenvalue weighted by atomic mass is 9.55. The second-order valence-corrected chi connectivity index (χ2v) is 5.76. The first-order valence-electron chi connectivity index (χ1n) is 7.23. The van der Waals surface area contributed by atoms with Gasteiger partial charge in [0.2, 0.25) is 5.91 Å². The lowest BCUT2D eigenvalue weighted by Gasteiger charge is -2.47. The number of amides is 1. The van der Waals surface area contributed by atoms with Crippen LogP contribution in [0.2, 0.25) is 0 Å². The van der Waals surface area contributed by atoms with Gasteiger partial charge in [-0.1, -0.05) is 13.0 Å². The van der Waals surface area contributed by atoms with Crippen LogP contribution < -0.4 is 0 Å². The molecule has 1 fully saturated rings. The number of rotatable bonds is 1. The van der Waals surface area contributed by atoms with Crippen molar-refractivity contribution in [1.29, 1.82) is 21.2 Å². The fourth-order valence-corrected chi connectivity index (χ4v) is 3.67. The fourth-order valence-electron chi connectivity index (χ4n) is 3.67. The van der Waals surface area contributed by atoms with Crippen LogP contribution in [0.15, 0.2) is 11.6 Å². The van der Waals surface area contributed by atoms with E-state index in [2.05, 4.69) is 6.07 Å². The summed E-state index contributed by atoms with van der Waals surface area (Å²) in [6.07, 6.45) is 2.36. The molecule has 0 aromatic heterocycles. The van der Waals surface area contributed by atoms with Gasteiger partial charge in [-0.3, -0.25) is 4.79 Å². The van der Waals surface area contributed by atoms with Gasteiger partial charge in [0.25, 0.3) is 0 Å². The van der Waals surface area contributed by atoms with E-state index < -0.39 is 11.3 Å². The summed E-state index contributed by atoms with van der Waals surface area (Å²) in [5.74, 6) is -1.52. The highest BCUT2D eigenvalue weighted by Crippen LogP contribution is 2.49. The SMILES string of the molecule is CC[C@@H]1[C@@H]2CN(C(C)=O)CC=C2[C@@H](C#N)C(=N)C1(C#N)C#N. The van der Waals surface area contributed by atoms with Gasteiger partial charge < -0.3 is 10.3 Å². The highest BCUT2D eigenvalue weighted by molar-refractivity contribution is 6.00. The predicted molar refractivity (Wildman–Crippen MR) is 78.1 cm³/mol. The molecule has 1 heterocycles. The number of fused-ring (bicyclic) bond motifs is 1. The maximum absolute atomic E-state index is 11.6. The molecule has 0 aromatic rings. The van der Waals surface area contributed by atoms with Crippen molar-refractivity contribution in [2.24, 2.45) is 23.2 Å². The van der Waals surface area contributed by atoms with Crippen molar-refractivity contribution in [3.05, 3.63) is 11.6 Å². The van der Waals surface area contributed by atoms with E-state index in [1.165, 1.54) is 6.92 Å². The van der Waals surface area contributed by atoms with Gasteiger partial charge in [0.1, 0.15) is 5.92 Å². The van der Waals surface area contributed by atoms with Crippen LogP contribution in [-0.4, -0.2) is 29.6 Å². The smallest absolute Gasteiger partial charge is 0.219 e. The number of nitrogens with zero attached hydrogens (tertiary/aromatic N) is 4. The minimum atomic E-state index is -1.59. The topological polar surface area (TPSA) is 116 Å². The van der Waals surface area contributed by atoms with E-state index in [-0.39, 0.29) is 23.5 Å². The minimum Gasteiger partial charge on any atom is -0.339 e. The molecular formula is C16H17N5O. The standard InChI is InChI=1S/C16H17N5O/c1-3-14-13-7-21(10(2)22)5-4-11(13)12(6-17)15(20)16(14,8-18)9-19/h4,12-14,20H,3,5,7H2,1-2H3/t12-,13-,14-/m1/s1. The summed E-state index contributed by atoms with van der Waals surface area (Å²) in [5, 5.41) is 36.8. The summed E-state index contributed by atoms with van der Waals surface area (Å²) < 4.78 is 0. The molecule has 0 aromatic carbocycles. The van der Waals surface area contributed by atoms with Crippen LogP contribution in [-0.2, 0) is 4.79 Å². The van der Waals surface area contributed by atoms with Crippen molar-refractivity contribution in [3.63, 3.8) is 0 Å². The normalized spacial score (nSPS) is 29.4. The lowest BCUT2D eigenvalue weighted by Crippen LogP contribution is -2.54. The zero-order valence-corrected chi connectivity index (χ0v) is 12.6. The summed E-state index contributed by atoms with van der Waals surface area (Å²) in [7, 11) is 0. The molecule has 1 N–H and O–H groups in total. The molecule has 0 spiro atoms. The van der Waals surface area contributed by atoms with Gasteiger partial charge in [-0.25, -0.2) is 0 Å². The second kappa shape index (κ2) is 5.62. The summed E-state index contributed by atoms with van der Waals surface area (Å²) >= 11 is 0. The average Bonchev–Trinajstić information content (AvgIpc) is 2.53. The molecule has 1 amide bonds. The third-order valence-corrected chi connectivity index (χ3v) is 4.85. The van der Waals surface area contributed by atoms with Crippen molar-refractivity contribution in [1.82, 2.24) is 4.90 Å². The Morgan fingerprint density at radius 2 is 2.09 bits per heavy atom. The summed E-state index contributed by atoms with van der Waals surface area (Å²) in [6, 6.07) is 6.05. The van der Waals surface area contributed by atoms with E-state index >= 15 is 0 Å². The first-order chi connectivity index (χ1) is 10.5. The van der Waals surface area contributed by atoms with Crippen LogP contribution in [0.25, 0.3) is 0 Å². The van der Waals surface area contributed by atoms with Gasteiger partial charge in [0, 0.05) is 31.8 Å². The molecule has 1 saturated carbocycles. The number of hydrogen-bond donors (Lipinski definition) is 1. The number of carbonyl (C=O) groups excluding carboxylic acids is 1. The molecule has 0 unspecified atom stereocenters. The monoisotopic (exact) mass is 295 g/mol. The summed E-state index contributed by atoms with van der Waals surface area (Å²) in [4.78, 5) is 13.3. The zero-order chi connectivity index (χ0) is 16.5. The molecule has 1 aliphatic carbocycles. The third kappa shape index (κ3) is 1.98. The van der Waals surface area contributed by atoms with Crippen LogP contribution in [0.3, 0.4) is 0 Å². The third-order valence-electron chi connectivity index (χ3n) is 4.85. The molecule has 2 rings (SSSR count). The molecule has 2 aliphatic rings. The predicted octanol–water partition coefficient (Wildman–Crippen LogP) is 1.62. The van der Waals surface area contributed by atoms with Crippen molar-refractivity contribution < 1.29 is 4.79 Å². The van der Waals surface area contributed by atoms with Crippen LogP contribution in [0, 0.1) is 62.6 Å². The van der Waals surface area contributed by atoms with Crippen molar-refractivity contribution in [2.75, 3.05) is 13.1 Å². The first kappa shape index (κ1) is 15.7. The van der Waals surface area contributed by atoms with Gasteiger partial charge in [0.05, 0.1) is 23.9 Å². The molecule has 0 bridgehead atoms. The van der Waals surface area contributed by atoms with Gasteiger partial charge >= 0.3 is 0 Å². The first-order valence-corrected chi connectivity index (χ1v) is 7.23. The van der Waals surface area contributed by atoms with E-state index in [0.717, 1.165) is 5.57 Å². The lowest BCUT2D eigenvalue weighted by molar-refractivity contribution is -0.129. The maximum Gasteiger partial charge on any atom is 0.219 e. The van der Waals surface area contributed by atoms with Gasteiger partial charge in [0.15, 0.2) is 5.41 Å². The Hall–Kier alpha value is -2.65. The molecule has 1 aliphatic heterocycles. The van der Waals surface area contributed by atoms with E-state index in [1.54, 1.807) is 4.90 Å². The van der Waals surface area contributed by atoms with Gasteiger partial charge in [-0.2, -0.15) is 15.8 Å². The van der Waals surface area contributed by atoms with Crippen molar-refractivity contribution in [3.8, 4) is 18.2 Å². The Morgan fingerprint density at radius 3 is 2.55 bits per heavy atom. The molecule has 112 valence electrons. The Balaban J connectivity index is 2.60. The van der Waals surface area contributed by atoms with Crippen LogP contribution in [0.1, 0.15) is 20.3 Å². The van der Waals surface area contributed by atoms with Gasteiger partial charge in [-0.05, 0) is 12.0 Å². The van der Waals surface area contributed by atoms with E-state index in [9.17, 15) is 20.6 Å². The fraction of sp³-hybridized carbons (Fsp3) is 0.562. The average molecular weight is 295 g/mol. The Labute approximate surface area is 129 Å². The van der Waals surface area contributed by atoms with Crippen LogP contribution >= 0.6 is 0 Å². The largest absolute Gasteiger partial charge is 0.339 e. The van der Waals surface area contributed by atoms with E-state index in [0.29, 0.717) is 19.5 Å². The highest BCUT2D eigenvalue weighted by atomic mass is 16.2. The number of nitrogens with one attached hydrogen (secondary N) is 1. The quantitative estimate of drug-likeness (QED) is 0.740. The maximum atomic E-state index is 11.6. The molecule has 6 heteroatoms. The number of nitriles is 3. The highest BCUT2D eigenvalue weighted by Gasteiger charge is 2.56. The Bertz CT molecular complexity index is 658. The van der Waals surface area contributed by atoms with Gasteiger partial charge in [-0.15, -0.1) is 0 Å². The second-order valence-electron chi connectivity index (χ2n) is 5.76. The molecule has 3 atom stereocenters.